The highest BCUT2D eigenvalue weighted by Crippen LogP contribution is 2.12. The van der Waals surface area contributed by atoms with Crippen LogP contribution in [0.1, 0.15) is 35.7 Å². The highest BCUT2D eigenvalue weighted by molar-refractivity contribution is 5.98. The van der Waals surface area contributed by atoms with Crippen LogP contribution in [0, 0.1) is 5.82 Å². The number of carbonyl (C=O) groups is 3. The number of halogens is 1. The third-order valence-electron chi connectivity index (χ3n) is 3.62. The van der Waals surface area contributed by atoms with Crippen molar-refractivity contribution < 1.29 is 23.5 Å². The highest BCUT2D eigenvalue weighted by Gasteiger charge is 2.12. The SMILES string of the molecule is CCCC(=O)Nc1ccc(C(=O)COC(=O)Cc2ccccc2F)cc1. The summed E-state index contributed by atoms with van der Waals surface area (Å²) in [6, 6.07) is 12.2. The first-order valence-corrected chi connectivity index (χ1v) is 8.31. The standard InChI is InChI=1S/C20H20FNO4/c1-2-5-19(24)22-16-10-8-14(9-11-16)18(23)13-26-20(25)12-15-6-3-4-7-17(15)21/h3-4,6-11H,2,5,12-13H2,1H3,(H,22,24). The number of hydrogen-bond donors (Lipinski definition) is 1. The van der Waals surface area contributed by atoms with Crippen LogP contribution in [0.5, 0.6) is 0 Å². The van der Waals surface area contributed by atoms with Gasteiger partial charge in [0.25, 0.3) is 0 Å². The lowest BCUT2D eigenvalue weighted by Gasteiger charge is -2.07. The second-order valence-corrected chi connectivity index (χ2v) is 5.73. The minimum Gasteiger partial charge on any atom is -0.457 e. The molecule has 0 aliphatic heterocycles. The zero-order chi connectivity index (χ0) is 18.9. The Hall–Kier alpha value is -3.02. The molecule has 0 aromatic heterocycles. The van der Waals surface area contributed by atoms with Crippen LogP contribution in [0.3, 0.4) is 0 Å². The first-order valence-electron chi connectivity index (χ1n) is 8.31. The molecule has 0 atom stereocenters. The van der Waals surface area contributed by atoms with Gasteiger partial charge in [0.05, 0.1) is 6.42 Å². The van der Waals surface area contributed by atoms with Crippen LogP contribution in [0.15, 0.2) is 48.5 Å². The molecule has 0 fully saturated rings. The van der Waals surface area contributed by atoms with Crippen molar-refractivity contribution in [2.45, 2.75) is 26.2 Å². The van der Waals surface area contributed by atoms with Crippen LogP contribution in [0.25, 0.3) is 0 Å². The Bertz CT molecular complexity index is 787. The largest absolute Gasteiger partial charge is 0.457 e. The summed E-state index contributed by atoms with van der Waals surface area (Å²) in [4.78, 5) is 35.3. The van der Waals surface area contributed by atoms with Crippen LogP contribution in [-0.2, 0) is 20.7 Å². The van der Waals surface area contributed by atoms with Crippen LogP contribution >= 0.6 is 0 Å². The number of ether oxygens (including phenoxy) is 1. The molecule has 0 saturated carbocycles. The smallest absolute Gasteiger partial charge is 0.310 e. The van der Waals surface area contributed by atoms with Gasteiger partial charge < -0.3 is 10.1 Å². The Kier molecular flexibility index (Phi) is 7.02. The molecule has 6 heteroatoms. The van der Waals surface area contributed by atoms with Gasteiger partial charge in [0.1, 0.15) is 5.82 Å². The molecule has 136 valence electrons. The maximum atomic E-state index is 13.5. The first kappa shape index (κ1) is 19.3. The normalized spacial score (nSPS) is 10.2. The van der Waals surface area contributed by atoms with Crippen molar-refractivity contribution in [2.24, 2.45) is 0 Å². The van der Waals surface area contributed by atoms with E-state index in [0.29, 0.717) is 17.7 Å². The number of Topliss-reactive ketones (excluding diaryl/α,β-unsaturated/α-hetero) is 1. The lowest BCUT2D eigenvalue weighted by atomic mass is 10.1. The maximum Gasteiger partial charge on any atom is 0.310 e. The molecule has 26 heavy (non-hydrogen) atoms. The quantitative estimate of drug-likeness (QED) is 0.579. The van der Waals surface area contributed by atoms with E-state index in [2.05, 4.69) is 5.32 Å². The minimum absolute atomic E-state index is 0.0892. The van der Waals surface area contributed by atoms with Gasteiger partial charge in [-0.2, -0.15) is 0 Å². The van der Waals surface area contributed by atoms with E-state index < -0.39 is 18.4 Å². The Morgan fingerprint density at radius 2 is 1.73 bits per heavy atom. The van der Waals surface area contributed by atoms with E-state index >= 15 is 0 Å². The van der Waals surface area contributed by atoms with Crippen molar-refractivity contribution in [3.63, 3.8) is 0 Å². The fraction of sp³-hybridized carbons (Fsp3) is 0.250. The molecule has 1 N–H and O–H groups in total. The fourth-order valence-corrected chi connectivity index (χ4v) is 2.27. The second-order valence-electron chi connectivity index (χ2n) is 5.73. The molecule has 0 aliphatic rings. The topological polar surface area (TPSA) is 72.5 Å². The predicted octanol–water partition coefficient (Wildman–Crippen LogP) is 3.53. The molecule has 0 heterocycles. The number of benzene rings is 2. The van der Waals surface area contributed by atoms with Crippen LogP contribution in [0.2, 0.25) is 0 Å². The van der Waals surface area contributed by atoms with Gasteiger partial charge in [-0.1, -0.05) is 25.1 Å². The van der Waals surface area contributed by atoms with Crippen molar-refractivity contribution in [1.82, 2.24) is 0 Å². The van der Waals surface area contributed by atoms with E-state index in [1.54, 1.807) is 30.3 Å². The van der Waals surface area contributed by atoms with E-state index in [-0.39, 0.29) is 23.7 Å². The summed E-state index contributed by atoms with van der Waals surface area (Å²) in [5.74, 6) is -1.63. The molecule has 0 radical (unpaired) electrons. The van der Waals surface area contributed by atoms with Gasteiger partial charge in [-0.15, -0.1) is 0 Å². The number of anilines is 1. The number of amides is 1. The summed E-state index contributed by atoms with van der Waals surface area (Å²) in [5, 5.41) is 2.72. The van der Waals surface area contributed by atoms with Gasteiger partial charge in [-0.3, -0.25) is 14.4 Å². The lowest BCUT2D eigenvalue weighted by molar-refractivity contribution is -0.141. The Labute approximate surface area is 151 Å². The van der Waals surface area contributed by atoms with Gasteiger partial charge in [-0.05, 0) is 42.3 Å². The van der Waals surface area contributed by atoms with Crippen molar-refractivity contribution in [3.8, 4) is 0 Å². The monoisotopic (exact) mass is 357 g/mol. The average molecular weight is 357 g/mol. The first-order chi connectivity index (χ1) is 12.5. The van der Waals surface area contributed by atoms with Gasteiger partial charge in [-0.25, -0.2) is 4.39 Å². The number of nitrogens with one attached hydrogen (secondary N) is 1. The van der Waals surface area contributed by atoms with Crippen LogP contribution < -0.4 is 5.32 Å². The summed E-state index contributed by atoms with van der Waals surface area (Å²) < 4.78 is 18.4. The molecule has 0 unspecified atom stereocenters. The molecule has 2 rings (SSSR count). The Morgan fingerprint density at radius 1 is 1.04 bits per heavy atom. The zero-order valence-corrected chi connectivity index (χ0v) is 14.5. The van der Waals surface area contributed by atoms with Crippen molar-refractivity contribution in [3.05, 3.63) is 65.5 Å². The summed E-state index contributed by atoms with van der Waals surface area (Å²) in [7, 11) is 0. The van der Waals surface area contributed by atoms with Gasteiger partial charge in [0.15, 0.2) is 12.4 Å². The summed E-state index contributed by atoms with van der Waals surface area (Å²) in [6.07, 6.45) is 0.946. The van der Waals surface area contributed by atoms with E-state index in [0.717, 1.165) is 6.42 Å². The van der Waals surface area contributed by atoms with Crippen molar-refractivity contribution in [1.29, 1.82) is 0 Å². The van der Waals surface area contributed by atoms with Crippen LogP contribution in [-0.4, -0.2) is 24.3 Å². The molecule has 0 saturated heterocycles. The van der Waals surface area contributed by atoms with E-state index in [1.165, 1.54) is 18.2 Å². The predicted molar refractivity (Wildman–Crippen MR) is 95.4 cm³/mol. The molecule has 1 amide bonds. The van der Waals surface area contributed by atoms with E-state index in [4.69, 9.17) is 4.74 Å². The van der Waals surface area contributed by atoms with Gasteiger partial charge in [0, 0.05) is 17.7 Å². The second kappa shape index (κ2) is 9.46. The molecule has 2 aromatic rings. The number of rotatable bonds is 8. The molecule has 5 nitrogen and oxygen atoms in total. The third-order valence-corrected chi connectivity index (χ3v) is 3.62. The van der Waals surface area contributed by atoms with Crippen molar-refractivity contribution >= 4 is 23.3 Å². The Balaban J connectivity index is 1.84. The lowest BCUT2D eigenvalue weighted by Crippen LogP contribution is -2.16. The van der Waals surface area contributed by atoms with Crippen LogP contribution in [0.4, 0.5) is 10.1 Å². The molecule has 0 aliphatic carbocycles. The average Bonchev–Trinajstić information content (AvgIpc) is 2.62. The Morgan fingerprint density at radius 3 is 2.38 bits per heavy atom. The maximum absolute atomic E-state index is 13.5. The number of esters is 1. The zero-order valence-electron chi connectivity index (χ0n) is 14.5. The number of carbonyl (C=O) groups excluding carboxylic acids is 3. The third kappa shape index (κ3) is 5.81. The summed E-state index contributed by atoms with van der Waals surface area (Å²) in [5.41, 5.74) is 1.17. The van der Waals surface area contributed by atoms with Crippen molar-refractivity contribution in [2.75, 3.05) is 11.9 Å². The summed E-state index contributed by atoms with van der Waals surface area (Å²) in [6.45, 7) is 1.49. The molecule has 0 bridgehead atoms. The van der Waals surface area contributed by atoms with E-state index in [9.17, 15) is 18.8 Å². The van der Waals surface area contributed by atoms with Gasteiger partial charge >= 0.3 is 5.97 Å². The number of hydrogen-bond acceptors (Lipinski definition) is 4. The molecule has 0 spiro atoms. The summed E-state index contributed by atoms with van der Waals surface area (Å²) >= 11 is 0. The van der Waals surface area contributed by atoms with Gasteiger partial charge in [0.2, 0.25) is 5.91 Å². The molecular weight excluding hydrogens is 337 g/mol. The minimum atomic E-state index is -0.674. The molecule has 2 aromatic carbocycles. The highest BCUT2D eigenvalue weighted by atomic mass is 19.1. The fourth-order valence-electron chi connectivity index (χ4n) is 2.27. The van der Waals surface area contributed by atoms with E-state index in [1.807, 2.05) is 6.92 Å². The number of ketones is 1. The molecular formula is C20H20FNO4.